The first-order chi connectivity index (χ1) is 10.0. The third-order valence-corrected chi connectivity index (χ3v) is 3.52. The molecule has 21 heavy (non-hydrogen) atoms. The van der Waals surface area contributed by atoms with E-state index in [-0.39, 0.29) is 5.91 Å². The monoisotopic (exact) mass is 304 g/mol. The second-order valence-corrected chi connectivity index (χ2v) is 4.97. The van der Waals surface area contributed by atoms with Gasteiger partial charge in [-0.25, -0.2) is 5.43 Å². The van der Waals surface area contributed by atoms with Crippen LogP contribution in [0.15, 0.2) is 35.4 Å². The van der Waals surface area contributed by atoms with Crippen molar-refractivity contribution in [3.8, 4) is 0 Å². The van der Waals surface area contributed by atoms with Gasteiger partial charge in [0.15, 0.2) is 0 Å². The van der Waals surface area contributed by atoms with Gasteiger partial charge in [0.05, 0.1) is 16.4 Å². The Morgan fingerprint density at radius 2 is 2.05 bits per heavy atom. The average molecular weight is 305 g/mol. The van der Waals surface area contributed by atoms with Gasteiger partial charge in [0.1, 0.15) is 5.69 Å². The van der Waals surface area contributed by atoms with Crippen LogP contribution < -0.4 is 5.43 Å². The van der Waals surface area contributed by atoms with Crippen LogP contribution in [-0.4, -0.2) is 21.4 Å². The molecule has 1 heterocycles. The fourth-order valence-electron chi connectivity index (χ4n) is 1.96. The molecule has 2 aromatic rings. The quantitative estimate of drug-likeness (QED) is 0.697. The van der Waals surface area contributed by atoms with Gasteiger partial charge in [-0.1, -0.05) is 48.9 Å². The van der Waals surface area contributed by atoms with Gasteiger partial charge in [-0.05, 0) is 18.9 Å². The van der Waals surface area contributed by atoms with Crippen molar-refractivity contribution in [3.05, 3.63) is 52.3 Å². The van der Waals surface area contributed by atoms with Crippen LogP contribution in [0, 0.1) is 0 Å². The summed E-state index contributed by atoms with van der Waals surface area (Å²) in [6.07, 6.45) is 0.673. The Kier molecular flexibility index (Phi) is 4.75. The van der Waals surface area contributed by atoms with E-state index in [0.29, 0.717) is 22.8 Å². The number of nitrogens with zero attached hydrogens (tertiary/aromatic N) is 3. The predicted octanol–water partition coefficient (Wildman–Crippen LogP) is 2.79. The lowest BCUT2D eigenvalue weighted by molar-refractivity contribution is 0.0945. The summed E-state index contributed by atoms with van der Waals surface area (Å²) >= 11 is 6.16. The first kappa shape index (κ1) is 15.3. The smallest absolute Gasteiger partial charge is 0.266 e. The fourth-order valence-corrected chi connectivity index (χ4v) is 2.34. The molecule has 0 aliphatic heterocycles. The summed E-state index contributed by atoms with van der Waals surface area (Å²) in [5.74, 6) is -0.370. The number of benzene rings is 1. The molecular formula is C15H17ClN4O. The summed E-state index contributed by atoms with van der Waals surface area (Å²) in [5.41, 5.74) is 5.21. The molecule has 0 spiro atoms. The number of halogens is 1. The lowest BCUT2D eigenvalue weighted by Crippen LogP contribution is -2.22. The predicted molar refractivity (Wildman–Crippen MR) is 83.7 cm³/mol. The molecule has 0 fully saturated rings. The van der Waals surface area contributed by atoms with E-state index in [1.165, 1.54) is 4.68 Å². The summed E-state index contributed by atoms with van der Waals surface area (Å²) in [6.45, 7) is 3.77. The molecule has 0 unspecified atom stereocenters. The maximum atomic E-state index is 12.2. The third kappa shape index (κ3) is 3.31. The summed E-state index contributed by atoms with van der Waals surface area (Å²) < 4.78 is 1.48. The summed E-state index contributed by atoms with van der Waals surface area (Å²) in [6, 6.07) is 9.62. The van der Waals surface area contributed by atoms with Crippen LogP contribution in [0.3, 0.4) is 0 Å². The summed E-state index contributed by atoms with van der Waals surface area (Å²) in [5, 5.41) is 8.70. The summed E-state index contributed by atoms with van der Waals surface area (Å²) in [7, 11) is 1.69. The molecule has 6 heteroatoms. The van der Waals surface area contributed by atoms with E-state index in [1.807, 2.05) is 44.2 Å². The number of hydrazone groups is 1. The van der Waals surface area contributed by atoms with Gasteiger partial charge >= 0.3 is 0 Å². The van der Waals surface area contributed by atoms with E-state index in [1.54, 1.807) is 7.05 Å². The lowest BCUT2D eigenvalue weighted by Gasteiger charge is -2.03. The van der Waals surface area contributed by atoms with Crippen molar-refractivity contribution in [1.82, 2.24) is 15.2 Å². The minimum absolute atomic E-state index is 0.318. The SMILES string of the molecule is CCc1nn(C)c(C(=O)NN=C(C)c2ccccc2)c1Cl. The number of aromatic nitrogens is 2. The zero-order valence-electron chi connectivity index (χ0n) is 12.2. The van der Waals surface area contributed by atoms with E-state index in [2.05, 4.69) is 15.6 Å². The molecule has 2 rings (SSSR count). The molecule has 1 amide bonds. The van der Waals surface area contributed by atoms with Crippen molar-refractivity contribution >= 4 is 23.2 Å². The minimum Gasteiger partial charge on any atom is -0.266 e. The molecule has 0 radical (unpaired) electrons. The number of hydrogen-bond acceptors (Lipinski definition) is 3. The van der Waals surface area contributed by atoms with Crippen LogP contribution >= 0.6 is 11.6 Å². The first-order valence-electron chi connectivity index (χ1n) is 6.66. The number of carbonyl (C=O) groups is 1. The molecule has 0 saturated carbocycles. The molecule has 0 aliphatic carbocycles. The zero-order chi connectivity index (χ0) is 15.4. The van der Waals surface area contributed by atoms with Crippen LogP contribution in [0.4, 0.5) is 0 Å². The number of nitrogens with one attached hydrogen (secondary N) is 1. The largest absolute Gasteiger partial charge is 0.291 e. The molecule has 110 valence electrons. The van der Waals surface area contributed by atoms with E-state index in [0.717, 1.165) is 11.3 Å². The molecule has 0 bridgehead atoms. The second kappa shape index (κ2) is 6.54. The van der Waals surface area contributed by atoms with Gasteiger partial charge in [-0.3, -0.25) is 9.48 Å². The van der Waals surface area contributed by atoms with Crippen molar-refractivity contribution in [1.29, 1.82) is 0 Å². The molecule has 1 aromatic heterocycles. The van der Waals surface area contributed by atoms with Crippen molar-refractivity contribution in [2.24, 2.45) is 12.1 Å². The van der Waals surface area contributed by atoms with Crippen LogP contribution in [-0.2, 0) is 13.5 Å². The van der Waals surface area contributed by atoms with Crippen molar-refractivity contribution < 1.29 is 4.79 Å². The molecule has 1 N–H and O–H groups in total. The van der Waals surface area contributed by atoms with Gasteiger partial charge in [0.25, 0.3) is 5.91 Å². The maximum Gasteiger partial charge on any atom is 0.291 e. The Morgan fingerprint density at radius 1 is 1.38 bits per heavy atom. The Morgan fingerprint density at radius 3 is 2.62 bits per heavy atom. The van der Waals surface area contributed by atoms with E-state index < -0.39 is 0 Å². The van der Waals surface area contributed by atoms with E-state index in [4.69, 9.17) is 11.6 Å². The molecule has 0 atom stereocenters. The highest BCUT2D eigenvalue weighted by Gasteiger charge is 2.19. The van der Waals surface area contributed by atoms with Crippen LogP contribution in [0.5, 0.6) is 0 Å². The lowest BCUT2D eigenvalue weighted by atomic mass is 10.1. The van der Waals surface area contributed by atoms with E-state index >= 15 is 0 Å². The minimum atomic E-state index is -0.370. The van der Waals surface area contributed by atoms with Crippen molar-refractivity contribution in [2.75, 3.05) is 0 Å². The van der Waals surface area contributed by atoms with E-state index in [9.17, 15) is 4.79 Å². The van der Waals surface area contributed by atoms with Crippen LogP contribution in [0.1, 0.15) is 35.6 Å². The normalized spacial score (nSPS) is 11.5. The van der Waals surface area contributed by atoms with Gasteiger partial charge in [-0.2, -0.15) is 10.2 Å². The highest BCUT2D eigenvalue weighted by Crippen LogP contribution is 2.20. The highest BCUT2D eigenvalue weighted by atomic mass is 35.5. The number of carbonyl (C=O) groups excluding carboxylic acids is 1. The zero-order valence-corrected chi connectivity index (χ0v) is 13.0. The Bertz CT molecular complexity index is 676. The number of amides is 1. The second-order valence-electron chi connectivity index (χ2n) is 4.59. The van der Waals surface area contributed by atoms with Crippen molar-refractivity contribution in [3.63, 3.8) is 0 Å². The molecule has 0 aliphatic rings. The van der Waals surface area contributed by atoms with Crippen LogP contribution in [0.25, 0.3) is 0 Å². The molecule has 5 nitrogen and oxygen atoms in total. The van der Waals surface area contributed by atoms with Crippen LogP contribution in [0.2, 0.25) is 5.02 Å². The molecule has 1 aromatic carbocycles. The molecule has 0 saturated heterocycles. The first-order valence-corrected chi connectivity index (χ1v) is 7.03. The number of hydrogen-bond donors (Lipinski definition) is 1. The topological polar surface area (TPSA) is 59.3 Å². The van der Waals surface area contributed by atoms with Gasteiger partial charge in [-0.15, -0.1) is 0 Å². The van der Waals surface area contributed by atoms with Gasteiger partial charge in [0.2, 0.25) is 0 Å². The fraction of sp³-hybridized carbons (Fsp3) is 0.267. The highest BCUT2D eigenvalue weighted by molar-refractivity contribution is 6.34. The molecular weight excluding hydrogens is 288 g/mol. The number of rotatable bonds is 4. The summed E-state index contributed by atoms with van der Waals surface area (Å²) in [4.78, 5) is 12.2. The van der Waals surface area contributed by atoms with Crippen molar-refractivity contribution in [2.45, 2.75) is 20.3 Å². The standard InChI is InChI=1S/C15H17ClN4O/c1-4-12-13(16)14(20(3)19-12)15(21)18-17-10(2)11-8-6-5-7-9-11/h5-9H,4H2,1-3H3,(H,18,21). The third-order valence-electron chi connectivity index (χ3n) is 3.12. The maximum absolute atomic E-state index is 12.2. The number of aryl methyl sites for hydroxylation is 2. The average Bonchev–Trinajstić information content (AvgIpc) is 2.79. The van der Waals surface area contributed by atoms with Gasteiger partial charge < -0.3 is 0 Å². The van der Waals surface area contributed by atoms with Gasteiger partial charge in [0, 0.05) is 7.05 Å². The Labute approximate surface area is 128 Å². The Balaban J connectivity index is 2.18. The Hall–Kier alpha value is -2.14.